The number of carboxylic acids is 1. The summed E-state index contributed by atoms with van der Waals surface area (Å²) < 4.78 is 14.1. The maximum Gasteiger partial charge on any atom is 0.307 e. The molecule has 4 rings (SSSR count). The van der Waals surface area contributed by atoms with E-state index in [1.54, 1.807) is 18.2 Å². The van der Waals surface area contributed by atoms with Crippen LogP contribution in [0.4, 0.5) is 4.39 Å². The molecule has 0 unspecified atom stereocenters. The van der Waals surface area contributed by atoms with Crippen molar-refractivity contribution in [3.8, 4) is 10.6 Å². The minimum atomic E-state index is -0.922. The third-order valence-corrected chi connectivity index (χ3v) is 5.87. The van der Waals surface area contributed by atoms with Gasteiger partial charge in [-0.25, -0.2) is 14.4 Å². The van der Waals surface area contributed by atoms with Gasteiger partial charge < -0.3 is 5.11 Å². The standard InChI is InChI=1S/C20H13FN2O2S2/c21-14-7-5-12(6-8-14)19-22-15(11-26-19)9-13(10-18(24)25)20-23-16-3-1-2-4-17(16)27-20/h1-9,11H,10H2,(H,24,25). The second-order valence-electron chi connectivity index (χ2n) is 5.81. The highest BCUT2D eigenvalue weighted by Gasteiger charge is 2.14. The molecule has 0 fully saturated rings. The number of hydrogen-bond donors (Lipinski definition) is 1. The molecule has 4 aromatic rings. The third-order valence-electron chi connectivity index (χ3n) is 3.85. The molecule has 7 heteroatoms. The molecule has 2 aromatic carbocycles. The Balaban J connectivity index is 1.71. The first-order chi connectivity index (χ1) is 13.1. The molecular formula is C20H13FN2O2S2. The fourth-order valence-electron chi connectivity index (χ4n) is 2.62. The summed E-state index contributed by atoms with van der Waals surface area (Å²) in [6.45, 7) is 0. The number of hydrogen-bond acceptors (Lipinski definition) is 5. The van der Waals surface area contributed by atoms with Crippen LogP contribution in [-0.2, 0) is 4.79 Å². The quantitative estimate of drug-likeness (QED) is 0.479. The Labute approximate surface area is 162 Å². The molecule has 0 aliphatic carbocycles. The van der Waals surface area contributed by atoms with E-state index >= 15 is 0 Å². The zero-order valence-electron chi connectivity index (χ0n) is 13.9. The van der Waals surface area contributed by atoms with E-state index < -0.39 is 5.97 Å². The average Bonchev–Trinajstić information content (AvgIpc) is 3.28. The fraction of sp³-hybridized carbons (Fsp3) is 0.0500. The van der Waals surface area contributed by atoms with Gasteiger partial charge in [-0.05, 0) is 42.5 Å². The summed E-state index contributed by atoms with van der Waals surface area (Å²) in [5, 5.41) is 12.6. The lowest BCUT2D eigenvalue weighted by molar-refractivity contribution is -0.135. The zero-order chi connectivity index (χ0) is 18.8. The van der Waals surface area contributed by atoms with Crippen LogP contribution in [-0.4, -0.2) is 21.0 Å². The van der Waals surface area contributed by atoms with Crippen molar-refractivity contribution >= 4 is 50.5 Å². The minimum Gasteiger partial charge on any atom is -0.481 e. The largest absolute Gasteiger partial charge is 0.481 e. The Morgan fingerprint density at radius 1 is 1.11 bits per heavy atom. The second-order valence-corrected chi connectivity index (χ2v) is 7.70. The van der Waals surface area contributed by atoms with E-state index in [1.165, 1.54) is 34.8 Å². The van der Waals surface area contributed by atoms with Gasteiger partial charge in [0.2, 0.25) is 0 Å². The molecule has 0 spiro atoms. The first-order valence-corrected chi connectivity index (χ1v) is 9.78. The van der Waals surface area contributed by atoms with Crippen LogP contribution < -0.4 is 0 Å². The predicted molar refractivity (Wildman–Crippen MR) is 107 cm³/mol. The number of fused-ring (bicyclic) bond motifs is 1. The SMILES string of the molecule is O=C(O)CC(=Cc1csc(-c2ccc(F)cc2)n1)c1nc2ccccc2s1. The highest BCUT2D eigenvalue weighted by atomic mass is 32.1. The molecule has 0 bridgehead atoms. The number of thiazole rings is 2. The van der Waals surface area contributed by atoms with Gasteiger partial charge in [0.15, 0.2) is 0 Å². The summed E-state index contributed by atoms with van der Waals surface area (Å²) >= 11 is 2.89. The summed E-state index contributed by atoms with van der Waals surface area (Å²) in [6, 6.07) is 13.8. The number of benzene rings is 2. The topological polar surface area (TPSA) is 63.1 Å². The van der Waals surface area contributed by atoms with Crippen LogP contribution >= 0.6 is 22.7 Å². The Morgan fingerprint density at radius 3 is 2.63 bits per heavy atom. The van der Waals surface area contributed by atoms with Crippen LogP contribution in [0.15, 0.2) is 53.9 Å². The fourth-order valence-corrected chi connectivity index (χ4v) is 4.38. The van der Waals surface area contributed by atoms with Crippen LogP contribution in [0, 0.1) is 5.82 Å². The van der Waals surface area contributed by atoms with Crippen LogP contribution in [0.25, 0.3) is 32.4 Å². The Morgan fingerprint density at radius 2 is 1.89 bits per heavy atom. The number of halogens is 1. The van der Waals surface area contributed by atoms with Crippen molar-refractivity contribution in [2.24, 2.45) is 0 Å². The lowest BCUT2D eigenvalue weighted by Gasteiger charge is -1.99. The first-order valence-electron chi connectivity index (χ1n) is 8.08. The van der Waals surface area contributed by atoms with Crippen molar-refractivity contribution < 1.29 is 14.3 Å². The average molecular weight is 396 g/mol. The van der Waals surface area contributed by atoms with Crippen LogP contribution in [0.3, 0.4) is 0 Å². The molecule has 2 aromatic heterocycles. The molecule has 1 N–H and O–H groups in total. The molecular weight excluding hydrogens is 383 g/mol. The molecule has 134 valence electrons. The number of aromatic nitrogens is 2. The van der Waals surface area contributed by atoms with Gasteiger partial charge in [0.25, 0.3) is 0 Å². The van der Waals surface area contributed by atoms with E-state index in [-0.39, 0.29) is 12.2 Å². The number of para-hydroxylation sites is 1. The van der Waals surface area contributed by atoms with Gasteiger partial charge >= 0.3 is 5.97 Å². The van der Waals surface area contributed by atoms with Crippen LogP contribution in [0.1, 0.15) is 17.1 Å². The smallest absolute Gasteiger partial charge is 0.307 e. The van der Waals surface area contributed by atoms with Crippen molar-refractivity contribution in [3.63, 3.8) is 0 Å². The number of nitrogens with zero attached hydrogens (tertiary/aromatic N) is 2. The Hall–Kier alpha value is -2.90. The van der Waals surface area contributed by atoms with Gasteiger partial charge in [-0.1, -0.05) is 12.1 Å². The third kappa shape index (κ3) is 3.94. The van der Waals surface area contributed by atoms with Gasteiger partial charge in [-0.3, -0.25) is 4.79 Å². The molecule has 0 saturated carbocycles. The number of aliphatic carboxylic acids is 1. The van der Waals surface area contributed by atoms with E-state index in [9.17, 15) is 14.3 Å². The first kappa shape index (κ1) is 17.5. The molecule has 0 amide bonds. The van der Waals surface area contributed by atoms with Crippen molar-refractivity contribution in [2.75, 3.05) is 0 Å². The minimum absolute atomic E-state index is 0.136. The van der Waals surface area contributed by atoms with E-state index in [0.717, 1.165) is 20.8 Å². The Bertz CT molecular complexity index is 1110. The molecule has 0 radical (unpaired) electrons. The van der Waals surface area contributed by atoms with Crippen LogP contribution in [0.2, 0.25) is 0 Å². The highest BCUT2D eigenvalue weighted by molar-refractivity contribution is 7.19. The maximum atomic E-state index is 13.1. The molecule has 0 aliphatic heterocycles. The lowest BCUT2D eigenvalue weighted by atomic mass is 10.1. The summed E-state index contributed by atoms with van der Waals surface area (Å²) in [6.07, 6.45) is 1.62. The summed E-state index contributed by atoms with van der Waals surface area (Å²) in [7, 11) is 0. The molecule has 0 aliphatic rings. The number of carbonyl (C=O) groups is 1. The summed E-state index contributed by atoms with van der Waals surface area (Å²) in [5.74, 6) is -1.22. The highest BCUT2D eigenvalue weighted by Crippen LogP contribution is 2.31. The van der Waals surface area contributed by atoms with Crippen LogP contribution in [0.5, 0.6) is 0 Å². The summed E-state index contributed by atoms with van der Waals surface area (Å²) in [5.41, 5.74) is 2.94. The Kier molecular flexibility index (Phi) is 4.79. The molecule has 0 atom stereocenters. The zero-order valence-corrected chi connectivity index (χ0v) is 15.6. The number of carboxylic acid groups (broad SMARTS) is 1. The molecule has 0 saturated heterocycles. The monoisotopic (exact) mass is 396 g/mol. The van der Waals surface area contributed by atoms with Crippen molar-refractivity contribution in [1.82, 2.24) is 9.97 Å². The normalized spacial score (nSPS) is 11.8. The lowest BCUT2D eigenvalue weighted by Crippen LogP contribution is -1.97. The van der Waals surface area contributed by atoms with E-state index in [0.29, 0.717) is 16.3 Å². The predicted octanol–water partition coefficient (Wildman–Crippen LogP) is 5.57. The second kappa shape index (κ2) is 7.38. The van der Waals surface area contributed by atoms with E-state index in [4.69, 9.17) is 0 Å². The van der Waals surface area contributed by atoms with Crippen molar-refractivity contribution in [3.05, 3.63) is 70.4 Å². The van der Waals surface area contributed by atoms with E-state index in [2.05, 4.69) is 9.97 Å². The van der Waals surface area contributed by atoms with E-state index in [1.807, 2.05) is 29.6 Å². The van der Waals surface area contributed by atoms with Gasteiger partial charge in [0.1, 0.15) is 15.8 Å². The van der Waals surface area contributed by atoms with Gasteiger partial charge in [-0.2, -0.15) is 0 Å². The maximum absolute atomic E-state index is 13.1. The number of rotatable bonds is 5. The van der Waals surface area contributed by atoms with Gasteiger partial charge in [-0.15, -0.1) is 22.7 Å². The van der Waals surface area contributed by atoms with Crippen molar-refractivity contribution in [1.29, 1.82) is 0 Å². The summed E-state index contributed by atoms with van der Waals surface area (Å²) in [4.78, 5) is 20.4. The van der Waals surface area contributed by atoms with Gasteiger partial charge in [0.05, 0.1) is 22.3 Å². The van der Waals surface area contributed by atoms with Gasteiger partial charge in [0, 0.05) is 16.5 Å². The molecule has 27 heavy (non-hydrogen) atoms. The molecule has 2 heterocycles. The molecule has 4 nitrogen and oxygen atoms in total. The van der Waals surface area contributed by atoms with Crippen molar-refractivity contribution in [2.45, 2.75) is 6.42 Å².